The SMILES string of the molecule is c1ccc(-c2cc(-c3ccc(-c4cccnc4)cc3)nc(-c3ccc(-c4ccc5c(c4)oc4ccccc45)c4c3oc3ccccc34)n2)cc1. The highest BCUT2D eigenvalue weighted by Gasteiger charge is 2.21. The number of para-hydroxylation sites is 2. The normalized spacial score (nSPS) is 11.6. The first-order valence-corrected chi connectivity index (χ1v) is 16.6. The third-order valence-corrected chi connectivity index (χ3v) is 9.43. The van der Waals surface area contributed by atoms with Gasteiger partial charge in [0.25, 0.3) is 0 Å². The van der Waals surface area contributed by atoms with E-state index >= 15 is 0 Å². The smallest absolute Gasteiger partial charge is 0.164 e. The lowest BCUT2D eigenvalue weighted by Crippen LogP contribution is -1.96. The Hall–Kier alpha value is -6.85. The van der Waals surface area contributed by atoms with Gasteiger partial charge in [0.05, 0.1) is 17.0 Å². The molecule has 0 fully saturated rings. The van der Waals surface area contributed by atoms with Crippen LogP contribution in [-0.2, 0) is 0 Å². The molecule has 6 aromatic carbocycles. The molecule has 0 atom stereocenters. The van der Waals surface area contributed by atoms with E-state index in [9.17, 15) is 0 Å². The van der Waals surface area contributed by atoms with Crippen LogP contribution in [0.25, 0.3) is 100 Å². The van der Waals surface area contributed by atoms with Gasteiger partial charge >= 0.3 is 0 Å². The van der Waals surface area contributed by atoms with Gasteiger partial charge in [-0.05, 0) is 64.7 Å². The number of hydrogen-bond donors (Lipinski definition) is 0. The van der Waals surface area contributed by atoms with Crippen molar-refractivity contribution in [2.45, 2.75) is 0 Å². The summed E-state index contributed by atoms with van der Waals surface area (Å²) in [4.78, 5) is 14.6. The molecule has 50 heavy (non-hydrogen) atoms. The van der Waals surface area contributed by atoms with Crippen LogP contribution in [0, 0.1) is 0 Å². The molecular weight excluding hydrogens is 615 g/mol. The largest absolute Gasteiger partial charge is 0.456 e. The molecule has 5 nitrogen and oxygen atoms in total. The zero-order valence-electron chi connectivity index (χ0n) is 26.7. The van der Waals surface area contributed by atoms with E-state index in [4.69, 9.17) is 18.8 Å². The van der Waals surface area contributed by atoms with Crippen molar-refractivity contribution < 1.29 is 8.83 Å². The zero-order valence-corrected chi connectivity index (χ0v) is 26.7. The highest BCUT2D eigenvalue weighted by Crippen LogP contribution is 2.43. The van der Waals surface area contributed by atoms with E-state index in [0.717, 1.165) is 94.2 Å². The predicted octanol–water partition coefficient (Wildman–Crippen LogP) is 12.0. The summed E-state index contributed by atoms with van der Waals surface area (Å²) < 4.78 is 13.0. The second-order valence-electron chi connectivity index (χ2n) is 12.4. The van der Waals surface area contributed by atoms with Gasteiger partial charge in [0.2, 0.25) is 0 Å². The maximum absolute atomic E-state index is 6.68. The second kappa shape index (κ2) is 11.4. The van der Waals surface area contributed by atoms with Gasteiger partial charge in [0.1, 0.15) is 22.3 Å². The molecule has 0 saturated heterocycles. The highest BCUT2D eigenvalue weighted by molar-refractivity contribution is 6.16. The Labute approximate surface area is 287 Å². The molecule has 10 aromatic rings. The number of aromatic nitrogens is 3. The van der Waals surface area contributed by atoms with Crippen molar-refractivity contribution in [1.29, 1.82) is 0 Å². The van der Waals surface area contributed by atoms with Gasteiger partial charge in [-0.15, -0.1) is 0 Å². The Morgan fingerprint density at radius 2 is 1.02 bits per heavy atom. The fraction of sp³-hybridized carbons (Fsp3) is 0. The third kappa shape index (κ3) is 4.67. The summed E-state index contributed by atoms with van der Waals surface area (Å²) >= 11 is 0. The average Bonchev–Trinajstić information content (AvgIpc) is 3.77. The first-order chi connectivity index (χ1) is 24.8. The van der Waals surface area contributed by atoms with Crippen molar-refractivity contribution in [2.24, 2.45) is 0 Å². The third-order valence-electron chi connectivity index (χ3n) is 9.43. The number of rotatable bonds is 5. The molecule has 0 radical (unpaired) electrons. The van der Waals surface area contributed by atoms with Crippen LogP contribution in [0.1, 0.15) is 0 Å². The van der Waals surface area contributed by atoms with E-state index in [1.807, 2.05) is 60.8 Å². The van der Waals surface area contributed by atoms with Crippen LogP contribution in [0.5, 0.6) is 0 Å². The van der Waals surface area contributed by atoms with Crippen LogP contribution in [0.15, 0.2) is 173 Å². The van der Waals surface area contributed by atoms with E-state index in [1.54, 1.807) is 6.20 Å². The molecular formula is C45H27N3O2. The molecule has 234 valence electrons. The second-order valence-corrected chi connectivity index (χ2v) is 12.4. The van der Waals surface area contributed by atoms with Crippen LogP contribution < -0.4 is 0 Å². The van der Waals surface area contributed by atoms with Crippen LogP contribution in [-0.4, -0.2) is 15.0 Å². The van der Waals surface area contributed by atoms with Gasteiger partial charge in [0.15, 0.2) is 5.82 Å². The fourth-order valence-corrected chi connectivity index (χ4v) is 6.98. The predicted molar refractivity (Wildman–Crippen MR) is 202 cm³/mol. The monoisotopic (exact) mass is 641 g/mol. The van der Waals surface area contributed by atoms with Crippen molar-refractivity contribution in [3.63, 3.8) is 0 Å². The van der Waals surface area contributed by atoms with Crippen molar-refractivity contribution >= 4 is 43.9 Å². The zero-order chi connectivity index (χ0) is 33.0. The van der Waals surface area contributed by atoms with E-state index in [0.29, 0.717) is 5.82 Å². The van der Waals surface area contributed by atoms with Crippen LogP contribution in [0.3, 0.4) is 0 Å². The van der Waals surface area contributed by atoms with E-state index < -0.39 is 0 Å². The Kier molecular flexibility index (Phi) is 6.42. The van der Waals surface area contributed by atoms with Crippen LogP contribution in [0.4, 0.5) is 0 Å². The number of pyridine rings is 1. The molecule has 0 spiro atoms. The minimum absolute atomic E-state index is 0.598. The van der Waals surface area contributed by atoms with Gasteiger partial charge in [-0.1, -0.05) is 109 Å². The quantitative estimate of drug-likeness (QED) is 0.187. The lowest BCUT2D eigenvalue weighted by molar-refractivity contribution is 0.668. The van der Waals surface area contributed by atoms with Gasteiger partial charge in [-0.3, -0.25) is 4.98 Å². The standard InChI is InChI=1S/C45H27N3O2/c1-2-9-29(10-3-1)38-26-39(30-18-16-28(17-19-30)32-11-8-24-46-27-32)48-45(47-38)37-23-22-33(43-36-13-5-7-15-41(36)50-44(37)43)31-20-21-35-34-12-4-6-14-40(34)49-42(35)25-31/h1-27H. The molecule has 4 heterocycles. The molecule has 0 aliphatic carbocycles. The van der Waals surface area contributed by atoms with E-state index in [-0.39, 0.29) is 0 Å². The van der Waals surface area contributed by atoms with Crippen LogP contribution in [0.2, 0.25) is 0 Å². The van der Waals surface area contributed by atoms with Gasteiger partial charge in [-0.2, -0.15) is 0 Å². The summed E-state index contributed by atoms with van der Waals surface area (Å²) in [6.45, 7) is 0. The maximum atomic E-state index is 6.68. The Morgan fingerprint density at radius 1 is 0.400 bits per heavy atom. The topological polar surface area (TPSA) is 65.0 Å². The Bertz CT molecular complexity index is 2850. The number of fused-ring (bicyclic) bond motifs is 6. The molecule has 0 N–H and O–H groups in total. The van der Waals surface area contributed by atoms with Gasteiger partial charge in [-0.25, -0.2) is 9.97 Å². The summed E-state index contributed by atoms with van der Waals surface area (Å²) in [7, 11) is 0. The van der Waals surface area contributed by atoms with Crippen molar-refractivity contribution in [2.75, 3.05) is 0 Å². The van der Waals surface area contributed by atoms with E-state index in [1.165, 1.54) is 0 Å². The molecule has 0 saturated carbocycles. The number of hydrogen-bond acceptors (Lipinski definition) is 5. The molecule has 4 aromatic heterocycles. The summed E-state index contributed by atoms with van der Waals surface area (Å²) in [6, 6.07) is 51.8. The lowest BCUT2D eigenvalue weighted by Gasteiger charge is -2.12. The molecule has 0 unspecified atom stereocenters. The highest BCUT2D eigenvalue weighted by atomic mass is 16.3. The minimum Gasteiger partial charge on any atom is -0.456 e. The molecule has 0 aliphatic rings. The molecule has 5 heteroatoms. The average molecular weight is 642 g/mol. The summed E-state index contributed by atoms with van der Waals surface area (Å²) in [5.41, 5.74) is 12.1. The van der Waals surface area contributed by atoms with Gasteiger partial charge < -0.3 is 8.83 Å². The van der Waals surface area contributed by atoms with Gasteiger partial charge in [0, 0.05) is 45.1 Å². The summed E-state index contributed by atoms with van der Waals surface area (Å²) in [5.74, 6) is 0.598. The number of benzene rings is 6. The Morgan fingerprint density at radius 3 is 1.80 bits per heavy atom. The molecule has 0 aliphatic heterocycles. The first-order valence-electron chi connectivity index (χ1n) is 16.6. The Balaban J connectivity index is 1.17. The first kappa shape index (κ1) is 28.2. The molecule has 0 bridgehead atoms. The van der Waals surface area contributed by atoms with Crippen molar-refractivity contribution in [3.05, 3.63) is 164 Å². The van der Waals surface area contributed by atoms with Crippen molar-refractivity contribution in [3.8, 4) is 56.2 Å². The van der Waals surface area contributed by atoms with Crippen LogP contribution >= 0.6 is 0 Å². The summed E-state index contributed by atoms with van der Waals surface area (Å²) in [5, 5.41) is 4.27. The van der Waals surface area contributed by atoms with E-state index in [2.05, 4.69) is 102 Å². The van der Waals surface area contributed by atoms with Crippen molar-refractivity contribution in [1.82, 2.24) is 15.0 Å². The lowest BCUT2D eigenvalue weighted by atomic mass is 9.96. The maximum Gasteiger partial charge on any atom is 0.164 e. The molecule has 0 amide bonds. The minimum atomic E-state index is 0.598. The fourth-order valence-electron chi connectivity index (χ4n) is 6.98. The summed E-state index contributed by atoms with van der Waals surface area (Å²) in [6.07, 6.45) is 3.67. The molecule has 10 rings (SSSR count). The number of furan rings is 2. The number of nitrogens with zero attached hydrogens (tertiary/aromatic N) is 3.